The van der Waals surface area contributed by atoms with Crippen LogP contribution in [0.1, 0.15) is 11.1 Å². The molecule has 0 amide bonds. The molecular weight excluding hydrogens is 244 g/mol. The van der Waals surface area contributed by atoms with E-state index in [0.717, 1.165) is 0 Å². The maximum absolute atomic E-state index is 12.2. The normalized spacial score (nSPS) is 9.72. The number of rotatable bonds is 2. The molecule has 0 fully saturated rings. The summed E-state index contributed by atoms with van der Waals surface area (Å²) in [6.07, 6.45) is 0. The highest BCUT2D eigenvalue weighted by Gasteiger charge is 2.06. The van der Waals surface area contributed by atoms with Crippen LogP contribution in [0.15, 0.2) is 58.3 Å². The van der Waals surface area contributed by atoms with E-state index in [-0.39, 0.29) is 0 Å². The van der Waals surface area contributed by atoms with Crippen LogP contribution in [-0.4, -0.2) is 4.21 Å². The Morgan fingerprint density at radius 2 is 1.06 bits per heavy atom. The van der Waals surface area contributed by atoms with Gasteiger partial charge >= 0.3 is 0 Å². The van der Waals surface area contributed by atoms with E-state index < -0.39 is 10.8 Å². The van der Waals surface area contributed by atoms with Crippen molar-refractivity contribution in [2.75, 3.05) is 0 Å². The van der Waals surface area contributed by atoms with Gasteiger partial charge in [-0.2, -0.15) is 10.5 Å². The van der Waals surface area contributed by atoms with Gasteiger partial charge in [0.2, 0.25) is 0 Å². The summed E-state index contributed by atoms with van der Waals surface area (Å²) >= 11 is 0. The topological polar surface area (TPSA) is 64.7 Å². The molecule has 0 aliphatic carbocycles. The zero-order valence-electron chi connectivity index (χ0n) is 9.33. The molecule has 86 valence electrons. The molecule has 0 N–H and O–H groups in total. The van der Waals surface area contributed by atoms with Crippen LogP contribution in [0.2, 0.25) is 0 Å². The van der Waals surface area contributed by atoms with Gasteiger partial charge in [-0.15, -0.1) is 0 Å². The van der Waals surface area contributed by atoms with Crippen molar-refractivity contribution in [1.29, 1.82) is 10.5 Å². The maximum Gasteiger partial charge on any atom is 0.0991 e. The molecule has 0 heterocycles. The smallest absolute Gasteiger partial charge is 0.0991 e. The first-order valence-corrected chi connectivity index (χ1v) is 6.31. The molecule has 0 bridgehead atoms. The second kappa shape index (κ2) is 5.27. The largest absolute Gasteiger partial charge is 0.249 e. The maximum atomic E-state index is 12.2. The molecule has 2 aromatic carbocycles. The molecule has 0 aromatic heterocycles. The van der Waals surface area contributed by atoms with Gasteiger partial charge in [-0.05, 0) is 48.5 Å². The van der Waals surface area contributed by atoms with Crippen LogP contribution >= 0.6 is 0 Å². The summed E-state index contributed by atoms with van der Waals surface area (Å²) in [5, 5.41) is 17.4. The lowest BCUT2D eigenvalue weighted by Gasteiger charge is -2.02. The minimum Gasteiger partial charge on any atom is -0.249 e. The first kappa shape index (κ1) is 12.0. The number of benzene rings is 2. The van der Waals surface area contributed by atoms with Crippen molar-refractivity contribution in [1.82, 2.24) is 0 Å². The van der Waals surface area contributed by atoms with Crippen molar-refractivity contribution >= 4 is 10.8 Å². The highest BCUT2D eigenvalue weighted by molar-refractivity contribution is 7.85. The SMILES string of the molecule is N#Cc1ccc(S(=O)c2ccc(C#N)cc2)cc1. The zero-order valence-corrected chi connectivity index (χ0v) is 10.1. The van der Waals surface area contributed by atoms with Crippen LogP contribution in [0.4, 0.5) is 0 Å². The van der Waals surface area contributed by atoms with E-state index in [9.17, 15) is 4.21 Å². The summed E-state index contributed by atoms with van der Waals surface area (Å²) in [6.45, 7) is 0. The van der Waals surface area contributed by atoms with Gasteiger partial charge in [-0.3, -0.25) is 0 Å². The Bertz CT molecular complexity index is 601. The van der Waals surface area contributed by atoms with Crippen molar-refractivity contribution in [2.45, 2.75) is 9.79 Å². The first-order chi connectivity index (χ1) is 8.74. The van der Waals surface area contributed by atoms with Gasteiger partial charge in [-0.1, -0.05) is 0 Å². The summed E-state index contributed by atoms with van der Waals surface area (Å²) in [5.74, 6) is 0. The predicted octanol–water partition coefficient (Wildman–Crippen LogP) is 2.60. The van der Waals surface area contributed by atoms with Gasteiger partial charge in [-0.25, -0.2) is 4.21 Å². The Morgan fingerprint density at radius 3 is 1.33 bits per heavy atom. The molecule has 0 aliphatic rings. The number of hydrogen-bond acceptors (Lipinski definition) is 3. The monoisotopic (exact) mass is 252 g/mol. The third-order valence-corrected chi connectivity index (χ3v) is 3.80. The van der Waals surface area contributed by atoms with E-state index in [0.29, 0.717) is 20.9 Å². The molecule has 0 saturated carbocycles. The Morgan fingerprint density at radius 1 is 0.722 bits per heavy atom. The zero-order chi connectivity index (χ0) is 13.0. The molecule has 18 heavy (non-hydrogen) atoms. The van der Waals surface area contributed by atoms with E-state index in [1.54, 1.807) is 48.5 Å². The van der Waals surface area contributed by atoms with Gasteiger partial charge in [0.25, 0.3) is 0 Å². The predicted molar refractivity (Wildman–Crippen MR) is 67.0 cm³/mol. The molecule has 0 aliphatic heterocycles. The average Bonchev–Trinajstić information content (AvgIpc) is 2.47. The fraction of sp³-hybridized carbons (Fsp3) is 0. The van der Waals surface area contributed by atoms with E-state index in [2.05, 4.69) is 0 Å². The molecule has 3 nitrogen and oxygen atoms in total. The van der Waals surface area contributed by atoms with Crippen LogP contribution in [0.3, 0.4) is 0 Å². The van der Waals surface area contributed by atoms with Gasteiger partial charge < -0.3 is 0 Å². The van der Waals surface area contributed by atoms with Crippen LogP contribution in [0.5, 0.6) is 0 Å². The highest BCUT2D eigenvalue weighted by Crippen LogP contribution is 2.17. The Labute approximate surface area is 107 Å². The quantitative estimate of drug-likeness (QED) is 0.825. The molecule has 0 spiro atoms. The van der Waals surface area contributed by atoms with Crippen molar-refractivity contribution in [3.05, 3.63) is 59.7 Å². The van der Waals surface area contributed by atoms with Crippen LogP contribution < -0.4 is 0 Å². The minimum atomic E-state index is -1.29. The van der Waals surface area contributed by atoms with Gasteiger partial charge in [0.15, 0.2) is 0 Å². The first-order valence-electron chi connectivity index (χ1n) is 5.16. The molecule has 0 atom stereocenters. The number of hydrogen-bond donors (Lipinski definition) is 0. The van der Waals surface area contributed by atoms with Crippen LogP contribution in [-0.2, 0) is 10.8 Å². The average molecular weight is 252 g/mol. The van der Waals surface area contributed by atoms with Crippen molar-refractivity contribution in [2.24, 2.45) is 0 Å². The fourth-order valence-electron chi connectivity index (χ4n) is 1.44. The molecule has 0 radical (unpaired) electrons. The molecule has 2 aromatic rings. The number of nitrogens with zero attached hydrogens (tertiary/aromatic N) is 2. The molecule has 0 unspecified atom stereocenters. The molecule has 4 heteroatoms. The lowest BCUT2D eigenvalue weighted by molar-refractivity contribution is 0.683. The summed E-state index contributed by atoms with van der Waals surface area (Å²) in [7, 11) is -1.29. The highest BCUT2D eigenvalue weighted by atomic mass is 32.2. The van der Waals surface area contributed by atoms with E-state index in [4.69, 9.17) is 10.5 Å². The molecular formula is C14H8N2OS. The standard InChI is InChI=1S/C14H8N2OS/c15-9-11-1-5-13(6-2-11)18(17)14-7-3-12(10-16)4-8-14/h1-8H. The van der Waals surface area contributed by atoms with Gasteiger partial charge in [0, 0.05) is 9.79 Å². The van der Waals surface area contributed by atoms with Crippen molar-refractivity contribution in [3.8, 4) is 12.1 Å². The Hall–Kier alpha value is -2.43. The lowest BCUT2D eigenvalue weighted by atomic mass is 10.2. The Kier molecular flexibility index (Phi) is 3.52. The van der Waals surface area contributed by atoms with Crippen molar-refractivity contribution in [3.63, 3.8) is 0 Å². The third-order valence-electron chi connectivity index (χ3n) is 2.39. The van der Waals surface area contributed by atoms with Gasteiger partial charge in [0.05, 0.1) is 34.1 Å². The summed E-state index contributed by atoms with van der Waals surface area (Å²) in [4.78, 5) is 1.28. The van der Waals surface area contributed by atoms with Crippen LogP contribution in [0.25, 0.3) is 0 Å². The Balaban J connectivity index is 2.30. The van der Waals surface area contributed by atoms with Gasteiger partial charge in [0.1, 0.15) is 0 Å². The van der Waals surface area contributed by atoms with E-state index in [1.807, 2.05) is 12.1 Å². The minimum absolute atomic E-state index is 0.538. The fourth-order valence-corrected chi connectivity index (χ4v) is 2.48. The second-order valence-electron chi connectivity index (χ2n) is 3.54. The third kappa shape index (κ3) is 2.45. The second-order valence-corrected chi connectivity index (χ2v) is 5.02. The van der Waals surface area contributed by atoms with E-state index in [1.165, 1.54) is 0 Å². The summed E-state index contributed by atoms with van der Waals surface area (Å²) in [6, 6.07) is 17.3. The molecule has 2 rings (SSSR count). The van der Waals surface area contributed by atoms with Crippen molar-refractivity contribution < 1.29 is 4.21 Å². The van der Waals surface area contributed by atoms with Crippen LogP contribution in [0, 0.1) is 22.7 Å². The summed E-state index contributed by atoms with van der Waals surface area (Å²) < 4.78 is 12.2. The lowest BCUT2D eigenvalue weighted by Crippen LogP contribution is -1.93. The number of nitriles is 2. The van der Waals surface area contributed by atoms with E-state index >= 15 is 0 Å². The summed E-state index contributed by atoms with van der Waals surface area (Å²) in [5.41, 5.74) is 1.08. The molecule has 0 saturated heterocycles.